The van der Waals surface area contributed by atoms with Crippen LogP contribution >= 0.6 is 11.6 Å². The average molecular weight is 523 g/mol. The van der Waals surface area contributed by atoms with Crippen LogP contribution in [0.25, 0.3) is 0 Å². The molecular formula is C26H35ClN2O5S. The van der Waals surface area contributed by atoms with Crippen molar-refractivity contribution < 1.29 is 22.7 Å². The van der Waals surface area contributed by atoms with Crippen LogP contribution in [-0.2, 0) is 19.6 Å². The summed E-state index contributed by atoms with van der Waals surface area (Å²) in [6.07, 6.45) is 2.76. The van der Waals surface area contributed by atoms with Crippen molar-refractivity contribution in [2.45, 2.75) is 71.2 Å². The zero-order chi connectivity index (χ0) is 26.6. The third-order valence-electron chi connectivity index (χ3n) is 4.84. The number of esters is 1. The molecule has 35 heavy (non-hydrogen) atoms. The molecule has 2 aromatic rings. The molecule has 0 aliphatic rings. The summed E-state index contributed by atoms with van der Waals surface area (Å²) in [6.45, 7) is 9.85. The number of benzene rings is 2. The number of nitriles is 1. The molecule has 0 radical (unpaired) electrons. The first kappa shape index (κ1) is 30.4. The molecule has 192 valence electrons. The Morgan fingerprint density at radius 1 is 1.14 bits per heavy atom. The van der Waals surface area contributed by atoms with Gasteiger partial charge >= 0.3 is 5.97 Å². The lowest BCUT2D eigenvalue weighted by atomic mass is 10.2. The van der Waals surface area contributed by atoms with E-state index in [4.69, 9.17) is 21.1 Å². The molecule has 0 saturated carbocycles. The Hall–Kier alpha value is -2.60. The Kier molecular flexibility index (Phi) is 12.8. The number of aryl methyl sites for hydroxylation is 1. The van der Waals surface area contributed by atoms with E-state index in [1.807, 2.05) is 19.9 Å². The van der Waals surface area contributed by atoms with Gasteiger partial charge in [-0.15, -0.1) is 0 Å². The lowest BCUT2D eigenvalue weighted by molar-refractivity contribution is -0.145. The molecule has 2 aromatic carbocycles. The van der Waals surface area contributed by atoms with Gasteiger partial charge in [-0.25, -0.2) is 8.42 Å². The van der Waals surface area contributed by atoms with Gasteiger partial charge in [0, 0.05) is 11.6 Å². The van der Waals surface area contributed by atoms with E-state index in [-0.39, 0.29) is 29.2 Å². The Morgan fingerprint density at radius 3 is 2.31 bits per heavy atom. The molecule has 0 aliphatic carbocycles. The van der Waals surface area contributed by atoms with Gasteiger partial charge in [-0.05, 0) is 61.7 Å². The van der Waals surface area contributed by atoms with Crippen molar-refractivity contribution in [1.29, 1.82) is 5.26 Å². The lowest BCUT2D eigenvalue weighted by Crippen LogP contribution is -2.45. The smallest absolute Gasteiger partial charge is 0.324 e. The van der Waals surface area contributed by atoms with Gasteiger partial charge in [0.25, 0.3) is 0 Å². The molecule has 9 heteroatoms. The zero-order valence-corrected chi connectivity index (χ0v) is 22.9. The van der Waals surface area contributed by atoms with Crippen molar-refractivity contribution in [3.63, 3.8) is 0 Å². The Balaban J connectivity index is 0.00000194. The van der Waals surface area contributed by atoms with Gasteiger partial charge in [-0.1, -0.05) is 52.1 Å². The Morgan fingerprint density at radius 2 is 1.80 bits per heavy atom. The van der Waals surface area contributed by atoms with Crippen LogP contribution in [0.15, 0.2) is 41.3 Å². The highest BCUT2D eigenvalue weighted by Gasteiger charge is 2.37. The summed E-state index contributed by atoms with van der Waals surface area (Å²) in [6, 6.07) is 10.2. The summed E-state index contributed by atoms with van der Waals surface area (Å²) in [5.74, 6) is -0.250. The number of nitrogens with zero attached hydrogens (tertiary/aromatic N) is 2. The first-order chi connectivity index (χ1) is 16.6. The number of hydrogen-bond donors (Lipinski definition) is 0. The molecule has 0 saturated heterocycles. The molecule has 0 heterocycles. The average Bonchev–Trinajstić information content (AvgIpc) is 2.81. The minimum absolute atomic E-state index is 0.0342. The van der Waals surface area contributed by atoms with E-state index < -0.39 is 22.0 Å². The quantitative estimate of drug-likeness (QED) is 0.332. The maximum Gasteiger partial charge on any atom is 0.324 e. The topological polar surface area (TPSA) is 96.7 Å². The van der Waals surface area contributed by atoms with Crippen LogP contribution in [0.5, 0.6) is 11.5 Å². The van der Waals surface area contributed by atoms with Crippen LogP contribution in [-0.4, -0.2) is 38.4 Å². The van der Waals surface area contributed by atoms with E-state index in [0.717, 1.165) is 16.3 Å². The molecular weight excluding hydrogens is 488 g/mol. The summed E-state index contributed by atoms with van der Waals surface area (Å²) in [4.78, 5) is 12.2. The molecule has 1 atom stereocenters. The molecule has 2 rings (SSSR count). The molecule has 0 aromatic heterocycles. The van der Waals surface area contributed by atoms with Crippen molar-refractivity contribution in [3.05, 3.63) is 52.5 Å². The second-order valence-electron chi connectivity index (χ2n) is 7.96. The number of unbranched alkanes of at least 4 members (excludes halogenated alkanes) is 1. The number of rotatable bonds is 10. The number of carbonyl (C=O) groups excluding carboxylic acids is 1. The second kappa shape index (κ2) is 14.7. The van der Waals surface area contributed by atoms with Gasteiger partial charge in [-0.2, -0.15) is 9.57 Å². The molecule has 7 nitrogen and oxygen atoms in total. The monoisotopic (exact) mass is 522 g/mol. The number of ether oxygens (including phenoxy) is 2. The summed E-state index contributed by atoms with van der Waals surface area (Å²) >= 11 is 6.11. The number of halogens is 1. The predicted molar refractivity (Wildman–Crippen MR) is 138 cm³/mol. The highest BCUT2D eigenvalue weighted by atomic mass is 35.5. The molecule has 0 spiro atoms. The van der Waals surface area contributed by atoms with Gasteiger partial charge in [-0.3, -0.25) is 4.79 Å². The van der Waals surface area contributed by atoms with Gasteiger partial charge in [0.1, 0.15) is 22.4 Å². The van der Waals surface area contributed by atoms with E-state index in [0.29, 0.717) is 17.2 Å². The minimum atomic E-state index is -4.22. The normalized spacial score (nSPS) is 11.7. The third kappa shape index (κ3) is 8.53. The molecule has 1 unspecified atom stereocenters. The van der Waals surface area contributed by atoms with Crippen molar-refractivity contribution in [1.82, 2.24) is 4.31 Å². The van der Waals surface area contributed by atoms with Crippen molar-refractivity contribution in [2.75, 3.05) is 13.7 Å². The van der Waals surface area contributed by atoms with Crippen LogP contribution in [0.1, 0.15) is 64.5 Å². The van der Waals surface area contributed by atoms with Gasteiger partial charge < -0.3 is 9.47 Å². The van der Waals surface area contributed by atoms with Gasteiger partial charge in [0.05, 0.1) is 18.7 Å². The van der Waals surface area contributed by atoms with E-state index in [9.17, 15) is 18.5 Å². The summed E-state index contributed by atoms with van der Waals surface area (Å²) in [5, 5.41) is 9.80. The first-order valence-electron chi connectivity index (χ1n) is 11.7. The Labute approximate surface area is 214 Å². The van der Waals surface area contributed by atoms with Gasteiger partial charge in [0.2, 0.25) is 10.0 Å². The van der Waals surface area contributed by atoms with Crippen molar-refractivity contribution >= 4 is 27.6 Å². The molecule has 0 fully saturated rings. The van der Waals surface area contributed by atoms with Crippen LogP contribution in [0, 0.1) is 18.3 Å². The fraction of sp³-hybridized carbons (Fsp3) is 0.462. The fourth-order valence-electron chi connectivity index (χ4n) is 3.26. The van der Waals surface area contributed by atoms with Crippen LogP contribution in [0.3, 0.4) is 0 Å². The number of hydrogen-bond acceptors (Lipinski definition) is 6. The van der Waals surface area contributed by atoms with Crippen LogP contribution < -0.4 is 4.74 Å². The van der Waals surface area contributed by atoms with E-state index in [1.165, 1.54) is 31.7 Å². The lowest BCUT2D eigenvalue weighted by Gasteiger charge is -2.29. The van der Waals surface area contributed by atoms with E-state index in [2.05, 4.69) is 13.8 Å². The maximum absolute atomic E-state index is 13.8. The number of sulfonamides is 1. The highest BCUT2D eigenvalue weighted by molar-refractivity contribution is 7.89. The third-order valence-corrected chi connectivity index (χ3v) is 6.99. The first-order valence-corrected chi connectivity index (χ1v) is 13.5. The largest absolute Gasteiger partial charge is 0.468 e. The minimum Gasteiger partial charge on any atom is -0.468 e. The van der Waals surface area contributed by atoms with Crippen LogP contribution in [0.4, 0.5) is 0 Å². The summed E-state index contributed by atoms with van der Waals surface area (Å²) in [7, 11) is -3.00. The molecule has 0 aliphatic heterocycles. The number of methoxy groups -OCH3 is 1. The van der Waals surface area contributed by atoms with Crippen molar-refractivity contribution in [3.8, 4) is 17.6 Å². The van der Waals surface area contributed by atoms with Crippen molar-refractivity contribution in [2.24, 2.45) is 0 Å². The second-order valence-corrected chi connectivity index (χ2v) is 10.3. The van der Waals surface area contributed by atoms with E-state index in [1.54, 1.807) is 25.1 Å². The van der Waals surface area contributed by atoms with Crippen LogP contribution in [0.2, 0.25) is 5.02 Å². The number of carbonyl (C=O) groups is 1. The van der Waals surface area contributed by atoms with Gasteiger partial charge in [0.15, 0.2) is 0 Å². The fourth-order valence-corrected chi connectivity index (χ4v) is 5.37. The molecule has 0 bridgehead atoms. The summed E-state index contributed by atoms with van der Waals surface area (Å²) in [5.41, 5.74) is 0.992. The predicted octanol–water partition coefficient (Wildman–Crippen LogP) is 6.47. The zero-order valence-electron chi connectivity index (χ0n) is 21.3. The maximum atomic E-state index is 13.8. The molecule has 0 N–H and O–H groups in total. The standard InChI is InChI=1S/C23H27ClN2O5S.C3H8/c1-5-7-10-26(20(6-2)23(27)30-4)32(28,29)22-13-17(15-25)8-9-21(22)31-19-12-16(3)11-18(24)14-19;1-3-2/h8-9,11-14,20H,5-7,10H2,1-4H3;3H2,1-2H3. The van der Waals surface area contributed by atoms with E-state index >= 15 is 0 Å². The Bertz CT molecular complexity index is 1110. The SMILES string of the molecule is CCC.CCCCN(C(CC)C(=O)OC)S(=O)(=O)c1cc(C#N)ccc1Oc1cc(C)cc(Cl)c1. The molecule has 0 amide bonds. The highest BCUT2D eigenvalue weighted by Crippen LogP contribution is 2.34. The summed E-state index contributed by atoms with van der Waals surface area (Å²) < 4.78 is 39.4.